The average Bonchev–Trinajstić information content (AvgIpc) is 2.26. The Morgan fingerprint density at radius 1 is 1.27 bits per heavy atom. The summed E-state index contributed by atoms with van der Waals surface area (Å²) in [5.41, 5.74) is 0. The minimum Gasteiger partial charge on any atom is -0.481 e. The lowest BCUT2D eigenvalue weighted by Crippen LogP contribution is -2.45. The largest absolute Gasteiger partial charge is 0.481 e. The molecule has 0 heterocycles. The maximum absolute atomic E-state index is 10.9. The number of carboxylic acid groups (broad SMARTS) is 1. The van der Waals surface area contributed by atoms with Crippen LogP contribution < -0.4 is 9.86 Å². The number of aliphatic carboxylic acids is 1. The number of hydrogen-bond acceptors (Lipinski definition) is 3. The molecule has 0 aromatic rings. The Morgan fingerprint density at radius 2 is 1.87 bits per heavy atom. The molecule has 15 heavy (non-hydrogen) atoms. The van der Waals surface area contributed by atoms with Crippen LogP contribution in [0.3, 0.4) is 0 Å². The van der Waals surface area contributed by atoms with Crippen LogP contribution in [0, 0.1) is 5.92 Å². The maximum Gasteiger partial charge on any atom is 0.308 e. The van der Waals surface area contributed by atoms with Gasteiger partial charge in [-0.15, -0.1) is 0 Å². The normalized spacial score (nSPS) is 28.3. The molecule has 0 amide bonds. The molecule has 0 radical (unpaired) electrons. The predicted molar refractivity (Wildman–Crippen MR) is 54.2 cm³/mol. The summed E-state index contributed by atoms with van der Waals surface area (Å²) in [6.07, 6.45) is 3.62. The first-order valence-corrected chi connectivity index (χ1v) is 6.47. The molecule has 0 spiro atoms. The zero-order valence-corrected chi connectivity index (χ0v) is 9.16. The monoisotopic (exact) mass is 236 g/mol. The van der Waals surface area contributed by atoms with Crippen LogP contribution in [0.4, 0.5) is 0 Å². The van der Waals surface area contributed by atoms with Gasteiger partial charge in [0.2, 0.25) is 0 Å². The molecule has 1 aliphatic rings. The zero-order chi connectivity index (χ0) is 11.5. The Bertz CT molecular complexity index is 328. The summed E-state index contributed by atoms with van der Waals surface area (Å²) >= 11 is 0. The van der Waals surface area contributed by atoms with E-state index in [1.54, 1.807) is 0 Å². The fraction of sp³-hybridized carbons (Fsp3) is 0.875. The van der Waals surface area contributed by atoms with Crippen molar-refractivity contribution in [2.45, 2.75) is 38.1 Å². The lowest BCUT2D eigenvalue weighted by molar-refractivity contribution is -0.142. The number of carboxylic acids is 1. The Balaban J connectivity index is 2.75. The zero-order valence-electron chi connectivity index (χ0n) is 8.35. The van der Waals surface area contributed by atoms with Crippen LogP contribution in [0.15, 0.2) is 0 Å². The van der Waals surface area contributed by atoms with Crippen molar-refractivity contribution in [3.05, 3.63) is 0 Å². The van der Waals surface area contributed by atoms with Crippen molar-refractivity contribution in [2.24, 2.45) is 11.1 Å². The van der Waals surface area contributed by atoms with Gasteiger partial charge in [0, 0.05) is 6.04 Å². The summed E-state index contributed by atoms with van der Waals surface area (Å²) < 4.78 is 23.9. The van der Waals surface area contributed by atoms with Gasteiger partial charge in [-0.1, -0.05) is 19.3 Å². The van der Waals surface area contributed by atoms with E-state index in [2.05, 4.69) is 4.72 Å². The highest BCUT2D eigenvalue weighted by atomic mass is 32.2. The highest BCUT2D eigenvalue weighted by molar-refractivity contribution is 7.87. The Morgan fingerprint density at radius 3 is 2.40 bits per heavy atom. The summed E-state index contributed by atoms with van der Waals surface area (Å²) in [6.45, 7) is 0. The van der Waals surface area contributed by atoms with E-state index in [0.29, 0.717) is 12.8 Å². The van der Waals surface area contributed by atoms with Crippen molar-refractivity contribution in [1.82, 2.24) is 4.72 Å². The van der Waals surface area contributed by atoms with Crippen molar-refractivity contribution < 1.29 is 18.3 Å². The average molecular weight is 236 g/mol. The predicted octanol–water partition coefficient (Wildman–Crippen LogP) is -0.187. The Kier molecular flexibility index (Phi) is 4.06. The van der Waals surface area contributed by atoms with Gasteiger partial charge in [-0.05, 0) is 12.8 Å². The van der Waals surface area contributed by atoms with Gasteiger partial charge in [0.1, 0.15) is 0 Å². The van der Waals surface area contributed by atoms with Gasteiger partial charge in [0.15, 0.2) is 0 Å². The molecular weight excluding hydrogens is 220 g/mol. The second-order valence-corrected chi connectivity index (χ2v) is 5.18. The second-order valence-electron chi connectivity index (χ2n) is 3.85. The van der Waals surface area contributed by atoms with Gasteiger partial charge in [-0.3, -0.25) is 4.79 Å². The standard InChI is InChI=1S/C8H16N2O4S/c9-15(13,14)10-7-5-3-1-2-4-6(7)8(11)12/h6-7,10H,1-5H2,(H,11,12)(H2,9,13,14). The Hall–Kier alpha value is -0.660. The molecule has 1 fully saturated rings. The molecule has 0 aromatic heterocycles. The topological polar surface area (TPSA) is 109 Å². The number of carbonyl (C=O) groups is 1. The highest BCUT2D eigenvalue weighted by Gasteiger charge is 2.31. The lowest BCUT2D eigenvalue weighted by Gasteiger charge is -2.21. The van der Waals surface area contributed by atoms with Gasteiger partial charge >= 0.3 is 5.97 Å². The van der Waals surface area contributed by atoms with Crippen LogP contribution in [0.25, 0.3) is 0 Å². The molecule has 0 aromatic carbocycles. The van der Waals surface area contributed by atoms with Crippen molar-refractivity contribution in [3.8, 4) is 0 Å². The van der Waals surface area contributed by atoms with E-state index < -0.39 is 28.1 Å². The molecule has 88 valence electrons. The van der Waals surface area contributed by atoms with E-state index in [1.165, 1.54) is 0 Å². The van der Waals surface area contributed by atoms with Crippen LogP contribution in [-0.4, -0.2) is 25.5 Å². The summed E-state index contributed by atoms with van der Waals surface area (Å²) in [5, 5.41) is 13.8. The first-order valence-electron chi connectivity index (χ1n) is 4.93. The number of rotatable bonds is 3. The molecule has 1 aliphatic carbocycles. The van der Waals surface area contributed by atoms with Crippen LogP contribution in [0.2, 0.25) is 0 Å². The molecule has 4 N–H and O–H groups in total. The molecule has 1 saturated carbocycles. The summed E-state index contributed by atoms with van der Waals surface area (Å²) in [7, 11) is -3.82. The molecule has 7 heteroatoms. The van der Waals surface area contributed by atoms with Crippen LogP contribution in [0.5, 0.6) is 0 Å². The molecule has 2 atom stereocenters. The fourth-order valence-corrected chi connectivity index (χ4v) is 2.66. The molecular formula is C8H16N2O4S. The minimum absolute atomic E-state index is 0.502. The van der Waals surface area contributed by atoms with E-state index in [4.69, 9.17) is 10.2 Å². The van der Waals surface area contributed by atoms with Gasteiger partial charge in [0.25, 0.3) is 10.2 Å². The quantitative estimate of drug-likeness (QED) is 0.590. The number of nitrogens with two attached hydrogens (primary N) is 1. The summed E-state index contributed by atoms with van der Waals surface area (Å²) in [6, 6.07) is -0.569. The third-order valence-electron chi connectivity index (χ3n) is 2.65. The van der Waals surface area contributed by atoms with Crippen molar-refractivity contribution >= 4 is 16.2 Å². The molecule has 1 rings (SSSR count). The lowest BCUT2D eigenvalue weighted by atomic mass is 9.96. The van der Waals surface area contributed by atoms with Crippen LogP contribution in [0.1, 0.15) is 32.1 Å². The summed E-state index contributed by atoms with van der Waals surface area (Å²) in [4.78, 5) is 10.9. The SMILES string of the molecule is NS(=O)(=O)NC1CCCCCC1C(=O)O. The van der Waals surface area contributed by atoms with E-state index >= 15 is 0 Å². The molecule has 2 unspecified atom stereocenters. The van der Waals surface area contributed by atoms with Crippen molar-refractivity contribution in [2.75, 3.05) is 0 Å². The van der Waals surface area contributed by atoms with E-state index in [9.17, 15) is 13.2 Å². The smallest absolute Gasteiger partial charge is 0.308 e. The Labute approximate surface area is 89.0 Å². The van der Waals surface area contributed by atoms with Crippen LogP contribution in [-0.2, 0) is 15.0 Å². The van der Waals surface area contributed by atoms with Crippen molar-refractivity contribution in [1.29, 1.82) is 0 Å². The fourth-order valence-electron chi connectivity index (χ4n) is 1.96. The van der Waals surface area contributed by atoms with E-state index in [-0.39, 0.29) is 0 Å². The third kappa shape index (κ3) is 4.15. The first-order chi connectivity index (χ1) is 6.90. The number of hydrogen-bond donors (Lipinski definition) is 3. The van der Waals surface area contributed by atoms with Gasteiger partial charge in [-0.25, -0.2) is 5.14 Å². The van der Waals surface area contributed by atoms with Crippen molar-refractivity contribution in [3.63, 3.8) is 0 Å². The highest BCUT2D eigenvalue weighted by Crippen LogP contribution is 2.23. The van der Waals surface area contributed by atoms with Crippen LogP contribution >= 0.6 is 0 Å². The van der Waals surface area contributed by atoms with Gasteiger partial charge in [-0.2, -0.15) is 13.1 Å². The molecule has 0 bridgehead atoms. The maximum atomic E-state index is 10.9. The van der Waals surface area contributed by atoms with E-state index in [0.717, 1.165) is 19.3 Å². The minimum atomic E-state index is -3.82. The molecule has 0 saturated heterocycles. The van der Waals surface area contributed by atoms with E-state index in [1.807, 2.05) is 0 Å². The third-order valence-corrected chi connectivity index (χ3v) is 3.28. The van der Waals surface area contributed by atoms with Gasteiger partial charge in [0.05, 0.1) is 5.92 Å². The number of nitrogens with one attached hydrogen (secondary N) is 1. The van der Waals surface area contributed by atoms with Gasteiger partial charge < -0.3 is 5.11 Å². The summed E-state index contributed by atoms with van der Waals surface area (Å²) in [5.74, 6) is -1.62. The molecule has 6 nitrogen and oxygen atoms in total. The molecule has 0 aliphatic heterocycles. The second kappa shape index (κ2) is 4.91. The first kappa shape index (κ1) is 12.4.